The van der Waals surface area contributed by atoms with Gasteiger partial charge in [-0.15, -0.1) is 0 Å². The van der Waals surface area contributed by atoms with E-state index in [4.69, 9.17) is 5.11 Å². The van der Waals surface area contributed by atoms with E-state index in [0.717, 1.165) is 19.3 Å². The first-order valence-electron chi connectivity index (χ1n) is 9.30. The maximum absolute atomic E-state index is 11.4. The van der Waals surface area contributed by atoms with Gasteiger partial charge in [0.1, 0.15) is 0 Å². The second-order valence-electron chi connectivity index (χ2n) is 6.49. The van der Waals surface area contributed by atoms with Crippen molar-refractivity contribution < 1.29 is 24.3 Å². The summed E-state index contributed by atoms with van der Waals surface area (Å²) in [6, 6.07) is 0. The average Bonchev–Trinajstić information content (AvgIpc) is 2.49. The number of allylic oxidation sites excluding steroid dienone is 2. The molecule has 0 heterocycles. The number of carboxylic acids is 1. The zero-order valence-electron chi connectivity index (χ0n) is 15.0. The van der Waals surface area contributed by atoms with Crippen LogP contribution in [0.25, 0.3) is 0 Å². The number of rotatable bonds is 16. The third kappa shape index (κ3) is 14.9. The quantitative estimate of drug-likeness (QED) is 0.198. The zero-order chi connectivity index (χ0) is 18.3. The van der Waals surface area contributed by atoms with Crippen molar-refractivity contribution in [1.29, 1.82) is 0 Å². The molecule has 0 amide bonds. The lowest BCUT2D eigenvalue weighted by atomic mass is 10.1. The van der Waals surface area contributed by atoms with Gasteiger partial charge in [0.15, 0.2) is 0 Å². The van der Waals surface area contributed by atoms with Crippen LogP contribution in [0.2, 0.25) is 0 Å². The molecule has 0 fully saturated rings. The maximum atomic E-state index is 11.4. The van der Waals surface area contributed by atoms with Crippen LogP contribution in [0, 0.1) is 0 Å². The van der Waals surface area contributed by atoms with Gasteiger partial charge in [-0.05, 0) is 44.9 Å². The Bertz CT molecular complexity index is 389. The molecule has 1 atom stereocenters. The van der Waals surface area contributed by atoms with Crippen molar-refractivity contribution in [2.75, 3.05) is 0 Å². The van der Waals surface area contributed by atoms with Crippen LogP contribution in [0.5, 0.6) is 0 Å². The van der Waals surface area contributed by atoms with Crippen molar-refractivity contribution in [3.63, 3.8) is 0 Å². The van der Waals surface area contributed by atoms with Gasteiger partial charge >= 0.3 is 13.6 Å². The molecule has 6 heteroatoms. The Morgan fingerprint density at radius 3 is 2.04 bits per heavy atom. The third-order valence-electron chi connectivity index (χ3n) is 4.20. The normalized spacial score (nSPS) is 13.5. The van der Waals surface area contributed by atoms with Gasteiger partial charge in [0.2, 0.25) is 0 Å². The first kappa shape index (κ1) is 23.4. The van der Waals surface area contributed by atoms with E-state index < -0.39 is 19.2 Å². The molecule has 0 radical (unpaired) electrons. The fraction of sp³-hybridized carbons (Fsp3) is 0.833. The predicted molar refractivity (Wildman–Crippen MR) is 98.3 cm³/mol. The van der Waals surface area contributed by atoms with E-state index >= 15 is 0 Å². The number of aliphatic carboxylic acids is 1. The van der Waals surface area contributed by atoms with Crippen LogP contribution in [0.4, 0.5) is 0 Å². The van der Waals surface area contributed by atoms with Gasteiger partial charge in [-0.1, -0.05) is 51.2 Å². The van der Waals surface area contributed by atoms with Crippen LogP contribution >= 0.6 is 7.60 Å². The molecule has 0 aromatic carbocycles. The Morgan fingerprint density at radius 1 is 0.917 bits per heavy atom. The van der Waals surface area contributed by atoms with Gasteiger partial charge < -0.3 is 14.9 Å². The lowest BCUT2D eigenvalue weighted by molar-refractivity contribution is -0.137. The summed E-state index contributed by atoms with van der Waals surface area (Å²) in [6.45, 7) is 2.21. The second kappa shape index (κ2) is 14.7. The summed E-state index contributed by atoms with van der Waals surface area (Å²) in [5, 5.41) is 8.60. The molecule has 0 saturated heterocycles. The highest BCUT2D eigenvalue weighted by molar-refractivity contribution is 7.52. The molecule has 0 aromatic heterocycles. The summed E-state index contributed by atoms with van der Waals surface area (Å²) in [7, 11) is -4.13. The van der Waals surface area contributed by atoms with Crippen LogP contribution in [0.1, 0.15) is 90.4 Å². The molecule has 142 valence electrons. The Morgan fingerprint density at radius 2 is 1.46 bits per heavy atom. The number of carbonyl (C=O) groups is 1. The molecule has 0 spiro atoms. The standard InChI is InChI=1S/C18H35O5P/c1-2-3-4-5-6-7-8-9-10-11-12-14-17(24(21,22)23)15-13-16-18(19)20/h9-10,17H,2-8,11-16H2,1H3,(H,19,20)(H2,21,22,23)/b10-9-. The zero-order valence-corrected chi connectivity index (χ0v) is 15.9. The van der Waals surface area contributed by atoms with Gasteiger partial charge in [-0.3, -0.25) is 9.36 Å². The van der Waals surface area contributed by atoms with Crippen molar-refractivity contribution in [3.8, 4) is 0 Å². The molecule has 3 N–H and O–H groups in total. The van der Waals surface area contributed by atoms with E-state index in [2.05, 4.69) is 19.1 Å². The Balaban J connectivity index is 3.77. The van der Waals surface area contributed by atoms with Crippen LogP contribution in [-0.2, 0) is 9.36 Å². The highest BCUT2D eigenvalue weighted by Crippen LogP contribution is 2.46. The SMILES string of the molecule is CCCCCCCC/C=C\CCCC(CCCC(=O)O)P(=O)(O)O. The minimum absolute atomic E-state index is 0.0331. The van der Waals surface area contributed by atoms with Gasteiger partial charge in [0, 0.05) is 6.42 Å². The molecule has 0 aliphatic heterocycles. The first-order chi connectivity index (χ1) is 11.4. The molecule has 0 aliphatic rings. The molecule has 0 aliphatic carbocycles. The second-order valence-corrected chi connectivity index (χ2v) is 8.40. The molecule has 0 rings (SSSR count). The van der Waals surface area contributed by atoms with Crippen molar-refractivity contribution in [3.05, 3.63) is 12.2 Å². The Hall–Kier alpha value is -0.640. The van der Waals surface area contributed by atoms with E-state index in [0.29, 0.717) is 12.8 Å². The van der Waals surface area contributed by atoms with E-state index in [-0.39, 0.29) is 12.8 Å². The summed E-state index contributed by atoms with van der Waals surface area (Å²) in [5.41, 5.74) is -0.705. The summed E-state index contributed by atoms with van der Waals surface area (Å²) in [6.07, 6.45) is 15.6. The predicted octanol–water partition coefficient (Wildman–Crippen LogP) is 5.26. The van der Waals surface area contributed by atoms with Crippen LogP contribution in [0.15, 0.2) is 12.2 Å². The summed E-state index contributed by atoms with van der Waals surface area (Å²) >= 11 is 0. The van der Waals surface area contributed by atoms with Crippen molar-refractivity contribution in [1.82, 2.24) is 0 Å². The minimum Gasteiger partial charge on any atom is -0.481 e. The highest BCUT2D eigenvalue weighted by atomic mass is 31.2. The minimum atomic E-state index is -4.13. The fourth-order valence-corrected chi connectivity index (χ4v) is 3.76. The molecule has 24 heavy (non-hydrogen) atoms. The fourth-order valence-electron chi connectivity index (χ4n) is 2.72. The lowest BCUT2D eigenvalue weighted by Crippen LogP contribution is -2.09. The molecule has 0 saturated carbocycles. The third-order valence-corrected chi connectivity index (χ3v) is 5.67. The van der Waals surface area contributed by atoms with Crippen LogP contribution in [0.3, 0.4) is 0 Å². The van der Waals surface area contributed by atoms with Crippen molar-refractivity contribution in [2.24, 2.45) is 0 Å². The van der Waals surface area contributed by atoms with E-state index in [1.165, 1.54) is 38.5 Å². The van der Waals surface area contributed by atoms with Gasteiger partial charge in [0.05, 0.1) is 5.66 Å². The van der Waals surface area contributed by atoms with Crippen molar-refractivity contribution >= 4 is 13.6 Å². The largest absolute Gasteiger partial charge is 0.481 e. The van der Waals surface area contributed by atoms with Gasteiger partial charge in [-0.2, -0.15) is 0 Å². The van der Waals surface area contributed by atoms with E-state index in [1.54, 1.807) is 0 Å². The molecule has 5 nitrogen and oxygen atoms in total. The smallest absolute Gasteiger partial charge is 0.328 e. The van der Waals surface area contributed by atoms with E-state index in [1.807, 2.05) is 0 Å². The average molecular weight is 362 g/mol. The number of hydrogen-bond donors (Lipinski definition) is 3. The maximum Gasteiger partial charge on any atom is 0.328 e. The summed E-state index contributed by atoms with van der Waals surface area (Å²) in [5.74, 6) is -0.919. The first-order valence-corrected chi connectivity index (χ1v) is 11.0. The molecular weight excluding hydrogens is 327 g/mol. The number of unbranched alkanes of at least 4 members (excludes halogenated alkanes) is 7. The van der Waals surface area contributed by atoms with Crippen LogP contribution < -0.4 is 0 Å². The highest BCUT2D eigenvalue weighted by Gasteiger charge is 2.27. The topological polar surface area (TPSA) is 94.8 Å². The van der Waals surface area contributed by atoms with Crippen molar-refractivity contribution in [2.45, 2.75) is 96.1 Å². The van der Waals surface area contributed by atoms with Gasteiger partial charge in [-0.25, -0.2) is 0 Å². The van der Waals surface area contributed by atoms with Gasteiger partial charge in [0.25, 0.3) is 0 Å². The molecule has 1 unspecified atom stereocenters. The molecule has 0 aromatic rings. The monoisotopic (exact) mass is 362 g/mol. The number of hydrogen-bond acceptors (Lipinski definition) is 2. The Labute approximate surface area is 146 Å². The lowest BCUT2D eigenvalue weighted by Gasteiger charge is -2.17. The summed E-state index contributed by atoms with van der Waals surface area (Å²) < 4.78 is 11.4. The van der Waals surface area contributed by atoms with Crippen LogP contribution in [-0.4, -0.2) is 26.5 Å². The molecular formula is C18H35O5P. The van der Waals surface area contributed by atoms with E-state index in [9.17, 15) is 19.1 Å². The Kier molecular flexibility index (Phi) is 14.3. The number of carboxylic acid groups (broad SMARTS) is 1. The summed E-state index contributed by atoms with van der Waals surface area (Å²) in [4.78, 5) is 29.2. The molecule has 0 bridgehead atoms.